The molecular formula is C21H28FNO3S. The van der Waals surface area contributed by atoms with Crippen LogP contribution >= 0.6 is 12.2 Å². The molecule has 1 fully saturated rings. The number of carbonyl (C=O) groups is 2. The van der Waals surface area contributed by atoms with Crippen LogP contribution in [0, 0.1) is 11.2 Å². The summed E-state index contributed by atoms with van der Waals surface area (Å²) >= 11 is 5.38. The lowest BCUT2D eigenvalue weighted by molar-refractivity contribution is -0.149. The summed E-state index contributed by atoms with van der Waals surface area (Å²) in [7, 11) is 0. The zero-order chi connectivity index (χ0) is 20.0. The molecule has 0 spiro atoms. The van der Waals surface area contributed by atoms with Crippen LogP contribution in [0.1, 0.15) is 52.0 Å². The lowest BCUT2D eigenvalue weighted by atomic mass is 9.84. The molecule has 1 atom stereocenters. The fraction of sp³-hybridized carbons (Fsp3) is 0.571. The summed E-state index contributed by atoms with van der Waals surface area (Å²) in [6, 6.07) is 6.17. The normalized spacial score (nSPS) is 17.0. The molecule has 27 heavy (non-hydrogen) atoms. The van der Waals surface area contributed by atoms with E-state index >= 15 is 0 Å². The van der Waals surface area contributed by atoms with Gasteiger partial charge in [0.15, 0.2) is 5.05 Å². The fourth-order valence-corrected chi connectivity index (χ4v) is 3.40. The van der Waals surface area contributed by atoms with Crippen LogP contribution in [0.15, 0.2) is 24.3 Å². The van der Waals surface area contributed by atoms with E-state index in [4.69, 9.17) is 17.0 Å². The Hall–Kier alpha value is -1.82. The smallest absolute Gasteiger partial charge is 0.291 e. The van der Waals surface area contributed by atoms with Gasteiger partial charge in [-0.1, -0.05) is 32.9 Å². The van der Waals surface area contributed by atoms with E-state index in [1.165, 1.54) is 12.1 Å². The number of halogens is 1. The SMILES string of the molecule is CCC(C)(C)C(=O)C(=O)N1CCC[C@H]1C(=S)OCCCc1cccc(F)c1. The minimum absolute atomic E-state index is 0.247. The van der Waals surface area contributed by atoms with Gasteiger partial charge in [0.1, 0.15) is 11.9 Å². The Bertz CT molecular complexity index is 704. The van der Waals surface area contributed by atoms with Gasteiger partial charge in [0, 0.05) is 12.0 Å². The van der Waals surface area contributed by atoms with Crippen LogP contribution < -0.4 is 0 Å². The summed E-state index contributed by atoms with van der Waals surface area (Å²) < 4.78 is 18.9. The van der Waals surface area contributed by atoms with Crippen LogP contribution in [0.5, 0.6) is 0 Å². The average Bonchev–Trinajstić information content (AvgIpc) is 3.13. The van der Waals surface area contributed by atoms with Crippen molar-refractivity contribution in [2.24, 2.45) is 5.41 Å². The van der Waals surface area contributed by atoms with Crippen molar-refractivity contribution in [1.29, 1.82) is 0 Å². The zero-order valence-electron chi connectivity index (χ0n) is 16.3. The Balaban J connectivity index is 1.86. The van der Waals surface area contributed by atoms with Crippen molar-refractivity contribution in [2.45, 2.75) is 58.9 Å². The third-order valence-electron chi connectivity index (χ3n) is 5.22. The highest BCUT2D eigenvalue weighted by Crippen LogP contribution is 2.26. The molecule has 2 rings (SSSR count). The van der Waals surface area contributed by atoms with Gasteiger partial charge in [-0.2, -0.15) is 0 Å². The first-order chi connectivity index (χ1) is 12.8. The molecule has 0 unspecified atom stereocenters. The van der Waals surface area contributed by atoms with E-state index in [9.17, 15) is 14.0 Å². The van der Waals surface area contributed by atoms with E-state index in [2.05, 4.69) is 0 Å². The van der Waals surface area contributed by atoms with E-state index in [0.717, 1.165) is 12.0 Å². The Morgan fingerprint density at radius 1 is 1.37 bits per heavy atom. The van der Waals surface area contributed by atoms with E-state index in [0.29, 0.717) is 43.9 Å². The van der Waals surface area contributed by atoms with E-state index < -0.39 is 11.3 Å². The Labute approximate surface area is 166 Å². The number of hydrogen-bond donors (Lipinski definition) is 0. The van der Waals surface area contributed by atoms with Crippen LogP contribution in [-0.2, 0) is 20.7 Å². The Morgan fingerprint density at radius 3 is 2.78 bits per heavy atom. The number of aryl methyl sites for hydroxylation is 1. The van der Waals surface area contributed by atoms with Crippen molar-refractivity contribution >= 4 is 29.0 Å². The van der Waals surface area contributed by atoms with Crippen molar-refractivity contribution in [3.05, 3.63) is 35.6 Å². The predicted octanol–water partition coefficient (Wildman–Crippen LogP) is 4.10. The Morgan fingerprint density at radius 2 is 2.11 bits per heavy atom. The molecule has 148 valence electrons. The van der Waals surface area contributed by atoms with Crippen LogP contribution in [0.4, 0.5) is 4.39 Å². The molecule has 0 radical (unpaired) electrons. The van der Waals surface area contributed by atoms with Crippen LogP contribution in [0.25, 0.3) is 0 Å². The summed E-state index contributed by atoms with van der Waals surface area (Å²) in [5.74, 6) is -1.08. The summed E-state index contributed by atoms with van der Waals surface area (Å²) in [5.41, 5.74) is 0.243. The predicted molar refractivity (Wildman–Crippen MR) is 107 cm³/mol. The number of benzene rings is 1. The van der Waals surface area contributed by atoms with Gasteiger partial charge < -0.3 is 9.64 Å². The first-order valence-corrected chi connectivity index (χ1v) is 9.93. The molecule has 0 N–H and O–H groups in total. The van der Waals surface area contributed by atoms with E-state index in [1.54, 1.807) is 24.8 Å². The maximum absolute atomic E-state index is 13.2. The topological polar surface area (TPSA) is 46.6 Å². The number of amides is 1. The standard InChI is InChI=1S/C21H28FNO3S/c1-4-21(2,3)18(24)19(25)23-12-6-11-17(23)20(27)26-13-7-9-15-8-5-10-16(22)14-15/h5,8,10,14,17H,4,6-7,9,11-13H2,1-3H3/t17-/m0/s1. The van der Waals surface area contributed by atoms with Crippen LogP contribution in [0.2, 0.25) is 0 Å². The second kappa shape index (κ2) is 9.40. The van der Waals surface area contributed by atoms with Gasteiger partial charge in [0.05, 0.1) is 6.61 Å². The van der Waals surface area contributed by atoms with Crippen molar-refractivity contribution in [3.63, 3.8) is 0 Å². The number of likely N-dealkylation sites (tertiary alicyclic amines) is 1. The summed E-state index contributed by atoms with van der Waals surface area (Å²) in [6.07, 6.45) is 3.53. The number of ketones is 1. The van der Waals surface area contributed by atoms with Gasteiger partial charge in [-0.15, -0.1) is 0 Å². The van der Waals surface area contributed by atoms with Crippen molar-refractivity contribution in [2.75, 3.05) is 13.2 Å². The fourth-order valence-electron chi connectivity index (χ4n) is 3.07. The molecule has 4 nitrogen and oxygen atoms in total. The minimum Gasteiger partial charge on any atom is -0.485 e. The molecular weight excluding hydrogens is 365 g/mol. The second-order valence-electron chi connectivity index (χ2n) is 7.62. The second-order valence-corrected chi connectivity index (χ2v) is 8.03. The number of rotatable bonds is 8. The largest absolute Gasteiger partial charge is 0.485 e. The molecule has 1 saturated heterocycles. The van der Waals surface area contributed by atoms with E-state index in [-0.39, 0.29) is 17.6 Å². The lowest BCUT2D eigenvalue weighted by Gasteiger charge is -2.28. The summed E-state index contributed by atoms with van der Waals surface area (Å²) in [6.45, 7) is 6.42. The van der Waals surface area contributed by atoms with Gasteiger partial charge in [-0.05, 0) is 62.0 Å². The first-order valence-electron chi connectivity index (χ1n) is 9.52. The van der Waals surface area contributed by atoms with Crippen LogP contribution in [-0.4, -0.2) is 40.8 Å². The maximum Gasteiger partial charge on any atom is 0.291 e. The van der Waals surface area contributed by atoms with Gasteiger partial charge >= 0.3 is 0 Å². The number of ether oxygens (including phenoxy) is 1. The molecule has 1 aromatic carbocycles. The van der Waals surface area contributed by atoms with Crippen molar-refractivity contribution < 1.29 is 18.7 Å². The average molecular weight is 394 g/mol. The van der Waals surface area contributed by atoms with Gasteiger partial charge in [-0.25, -0.2) is 4.39 Å². The van der Waals surface area contributed by atoms with Gasteiger partial charge in [0.2, 0.25) is 5.78 Å². The molecule has 0 bridgehead atoms. The van der Waals surface area contributed by atoms with Crippen molar-refractivity contribution in [1.82, 2.24) is 4.90 Å². The highest BCUT2D eigenvalue weighted by Gasteiger charge is 2.40. The summed E-state index contributed by atoms with van der Waals surface area (Å²) in [5, 5.41) is 0.363. The summed E-state index contributed by atoms with van der Waals surface area (Å²) in [4.78, 5) is 26.7. The highest BCUT2D eigenvalue weighted by molar-refractivity contribution is 7.80. The molecule has 1 aromatic rings. The third-order valence-corrected chi connectivity index (χ3v) is 5.61. The number of hydrogen-bond acceptors (Lipinski definition) is 4. The number of carbonyl (C=O) groups excluding carboxylic acids is 2. The first kappa shape index (κ1) is 21.5. The van der Waals surface area contributed by atoms with Crippen LogP contribution in [0.3, 0.4) is 0 Å². The quantitative estimate of drug-likeness (QED) is 0.379. The molecule has 1 aliphatic heterocycles. The Kier molecular flexibility index (Phi) is 7.48. The minimum atomic E-state index is -0.669. The molecule has 0 aromatic heterocycles. The molecule has 1 heterocycles. The third kappa shape index (κ3) is 5.58. The number of thiocarbonyl (C=S) groups is 1. The van der Waals surface area contributed by atoms with Gasteiger partial charge in [-0.3, -0.25) is 9.59 Å². The zero-order valence-corrected chi connectivity index (χ0v) is 17.1. The number of nitrogens with zero attached hydrogens (tertiary/aromatic N) is 1. The van der Waals surface area contributed by atoms with Gasteiger partial charge in [0.25, 0.3) is 5.91 Å². The van der Waals surface area contributed by atoms with Crippen molar-refractivity contribution in [3.8, 4) is 0 Å². The molecule has 1 aliphatic rings. The van der Waals surface area contributed by atoms with E-state index in [1.807, 2.05) is 13.0 Å². The highest BCUT2D eigenvalue weighted by atomic mass is 32.1. The monoisotopic (exact) mass is 393 g/mol. The lowest BCUT2D eigenvalue weighted by Crippen LogP contribution is -2.47. The molecule has 1 amide bonds. The molecule has 0 aliphatic carbocycles. The number of Topliss-reactive ketones (excluding diaryl/α,β-unsaturated/α-hetero) is 1. The molecule has 0 saturated carbocycles. The molecule has 6 heteroatoms. The maximum atomic E-state index is 13.2.